The molecule has 0 saturated heterocycles. The second-order valence-corrected chi connectivity index (χ2v) is 4.12. The van der Waals surface area contributed by atoms with Crippen molar-refractivity contribution in [2.45, 2.75) is 20.3 Å². The van der Waals surface area contributed by atoms with Gasteiger partial charge in [0.15, 0.2) is 0 Å². The number of hydrogen-bond acceptors (Lipinski definition) is 3. The molecule has 0 aromatic carbocycles. The van der Waals surface area contributed by atoms with Crippen LogP contribution in [0.1, 0.15) is 20.3 Å². The van der Waals surface area contributed by atoms with Crippen LogP contribution in [-0.4, -0.2) is 49.1 Å². The summed E-state index contributed by atoms with van der Waals surface area (Å²) in [6, 6.07) is 0. The van der Waals surface area contributed by atoms with E-state index in [1.807, 2.05) is 25.8 Å². The molecule has 5 heteroatoms. The van der Waals surface area contributed by atoms with E-state index in [-0.39, 0.29) is 11.8 Å². The molecule has 0 aromatic rings. The Labute approximate surface area is 102 Å². The molecule has 0 aliphatic heterocycles. The summed E-state index contributed by atoms with van der Waals surface area (Å²) in [4.78, 5) is 24.0. The van der Waals surface area contributed by atoms with Crippen molar-refractivity contribution in [3.8, 4) is 0 Å². The number of carbonyl (C=O) groups excluding carboxylic acids is 1. The molecule has 2 N–H and O–H groups in total. The van der Waals surface area contributed by atoms with Crippen molar-refractivity contribution < 1.29 is 14.7 Å². The van der Waals surface area contributed by atoms with E-state index >= 15 is 0 Å². The molecular weight excluding hydrogens is 220 g/mol. The highest BCUT2D eigenvalue weighted by Gasteiger charge is 2.13. The molecule has 0 radical (unpaired) electrons. The van der Waals surface area contributed by atoms with Gasteiger partial charge in [0.25, 0.3) is 0 Å². The summed E-state index contributed by atoms with van der Waals surface area (Å²) in [6.45, 7) is 4.80. The Hall–Kier alpha value is -1.36. The van der Waals surface area contributed by atoms with Crippen molar-refractivity contribution in [3.63, 3.8) is 0 Å². The van der Waals surface area contributed by atoms with Gasteiger partial charge in [-0.05, 0) is 13.5 Å². The lowest BCUT2D eigenvalue weighted by Crippen LogP contribution is -2.34. The molecule has 0 aliphatic carbocycles. The van der Waals surface area contributed by atoms with E-state index in [1.54, 1.807) is 13.1 Å². The number of carboxylic acid groups (broad SMARTS) is 1. The number of likely N-dealkylation sites (N-methyl/N-ethyl adjacent to an activating group) is 1. The van der Waals surface area contributed by atoms with Crippen molar-refractivity contribution in [2.24, 2.45) is 5.92 Å². The molecule has 0 bridgehead atoms. The first kappa shape index (κ1) is 15.6. The van der Waals surface area contributed by atoms with Gasteiger partial charge >= 0.3 is 5.97 Å². The van der Waals surface area contributed by atoms with E-state index in [2.05, 4.69) is 5.32 Å². The molecule has 1 atom stereocenters. The van der Waals surface area contributed by atoms with Gasteiger partial charge < -0.3 is 15.3 Å². The molecular formula is C12H22N2O3. The summed E-state index contributed by atoms with van der Waals surface area (Å²) in [5, 5.41) is 11.4. The number of aliphatic carboxylic acids is 1. The number of nitrogens with zero attached hydrogens (tertiary/aromatic N) is 1. The van der Waals surface area contributed by atoms with E-state index in [0.29, 0.717) is 25.1 Å². The standard InChI is InChI=1S/C12H22N2O3/c1-5-10(12(16)17)6-7-14(4)8-9(2)11(15)13-3/h6,9H,5,7-8H2,1-4H3,(H,13,15)(H,16,17). The number of amides is 1. The highest BCUT2D eigenvalue weighted by molar-refractivity contribution is 5.86. The Balaban J connectivity index is 4.22. The molecule has 0 aromatic heterocycles. The van der Waals surface area contributed by atoms with Gasteiger partial charge in [-0.2, -0.15) is 0 Å². The number of carboxylic acids is 1. The van der Waals surface area contributed by atoms with Crippen LogP contribution >= 0.6 is 0 Å². The molecule has 98 valence electrons. The first-order valence-electron chi connectivity index (χ1n) is 5.74. The quantitative estimate of drug-likeness (QED) is 0.645. The van der Waals surface area contributed by atoms with E-state index in [9.17, 15) is 9.59 Å². The number of hydrogen-bond donors (Lipinski definition) is 2. The minimum atomic E-state index is -0.875. The Morgan fingerprint density at radius 3 is 2.47 bits per heavy atom. The van der Waals surface area contributed by atoms with Crippen LogP contribution in [0.4, 0.5) is 0 Å². The van der Waals surface area contributed by atoms with Crippen LogP contribution in [0.5, 0.6) is 0 Å². The van der Waals surface area contributed by atoms with Crippen LogP contribution in [0, 0.1) is 5.92 Å². The molecule has 0 spiro atoms. The Morgan fingerprint density at radius 2 is 2.06 bits per heavy atom. The number of rotatable bonds is 7. The Bertz CT molecular complexity index is 300. The van der Waals surface area contributed by atoms with Gasteiger partial charge in [-0.25, -0.2) is 4.79 Å². The van der Waals surface area contributed by atoms with Crippen molar-refractivity contribution in [1.29, 1.82) is 0 Å². The summed E-state index contributed by atoms with van der Waals surface area (Å²) in [7, 11) is 3.48. The maximum absolute atomic E-state index is 11.3. The summed E-state index contributed by atoms with van der Waals surface area (Å²) in [5.41, 5.74) is 0.407. The third-order valence-corrected chi connectivity index (χ3v) is 2.58. The zero-order valence-corrected chi connectivity index (χ0v) is 11.0. The molecule has 0 rings (SSSR count). The number of carbonyl (C=O) groups is 2. The third kappa shape index (κ3) is 6.06. The monoisotopic (exact) mass is 242 g/mol. The third-order valence-electron chi connectivity index (χ3n) is 2.58. The van der Waals surface area contributed by atoms with Crippen molar-refractivity contribution in [2.75, 3.05) is 27.2 Å². The molecule has 1 unspecified atom stereocenters. The topological polar surface area (TPSA) is 69.6 Å². The van der Waals surface area contributed by atoms with E-state index in [1.165, 1.54) is 0 Å². The second-order valence-electron chi connectivity index (χ2n) is 4.12. The van der Waals surface area contributed by atoms with Crippen LogP contribution in [0.25, 0.3) is 0 Å². The molecule has 0 saturated carbocycles. The summed E-state index contributed by atoms with van der Waals surface area (Å²) in [6.07, 6.45) is 2.20. The summed E-state index contributed by atoms with van der Waals surface area (Å²) in [5.74, 6) is -0.983. The van der Waals surface area contributed by atoms with E-state index < -0.39 is 5.97 Å². The fourth-order valence-electron chi connectivity index (χ4n) is 1.52. The van der Waals surface area contributed by atoms with Gasteiger partial charge in [0.1, 0.15) is 0 Å². The predicted octanol–water partition coefficient (Wildman–Crippen LogP) is 0.721. The molecule has 0 fully saturated rings. The molecule has 0 aliphatic rings. The lowest BCUT2D eigenvalue weighted by molar-refractivity contribution is -0.132. The smallest absolute Gasteiger partial charge is 0.331 e. The summed E-state index contributed by atoms with van der Waals surface area (Å²) < 4.78 is 0. The van der Waals surface area contributed by atoms with Crippen molar-refractivity contribution in [1.82, 2.24) is 10.2 Å². The van der Waals surface area contributed by atoms with Crippen LogP contribution in [0.3, 0.4) is 0 Å². The molecule has 5 nitrogen and oxygen atoms in total. The lowest BCUT2D eigenvalue weighted by atomic mass is 10.1. The molecule has 0 heterocycles. The van der Waals surface area contributed by atoms with Gasteiger partial charge in [-0.1, -0.05) is 19.9 Å². The maximum Gasteiger partial charge on any atom is 0.331 e. The summed E-state index contributed by atoms with van der Waals surface area (Å²) >= 11 is 0. The van der Waals surface area contributed by atoms with E-state index in [4.69, 9.17) is 5.11 Å². The average molecular weight is 242 g/mol. The van der Waals surface area contributed by atoms with Crippen molar-refractivity contribution >= 4 is 11.9 Å². The zero-order valence-electron chi connectivity index (χ0n) is 11.0. The fraction of sp³-hybridized carbons (Fsp3) is 0.667. The minimum absolute atomic E-state index is 0.00483. The SMILES string of the molecule is CCC(=CCN(C)CC(C)C(=O)NC)C(=O)O. The number of nitrogens with one attached hydrogen (secondary N) is 1. The van der Waals surface area contributed by atoms with E-state index in [0.717, 1.165) is 0 Å². The molecule has 17 heavy (non-hydrogen) atoms. The van der Waals surface area contributed by atoms with Gasteiger partial charge in [0.05, 0.1) is 0 Å². The van der Waals surface area contributed by atoms with Crippen LogP contribution < -0.4 is 5.32 Å². The van der Waals surface area contributed by atoms with Gasteiger partial charge in [0, 0.05) is 31.6 Å². The van der Waals surface area contributed by atoms with Crippen LogP contribution in [0.2, 0.25) is 0 Å². The molecule has 1 amide bonds. The van der Waals surface area contributed by atoms with Crippen molar-refractivity contribution in [3.05, 3.63) is 11.6 Å². The predicted molar refractivity (Wildman–Crippen MR) is 66.7 cm³/mol. The van der Waals surface area contributed by atoms with Crippen LogP contribution in [0.15, 0.2) is 11.6 Å². The van der Waals surface area contributed by atoms with Crippen LogP contribution in [-0.2, 0) is 9.59 Å². The zero-order chi connectivity index (χ0) is 13.4. The maximum atomic E-state index is 11.3. The second kappa shape index (κ2) is 7.84. The van der Waals surface area contributed by atoms with Gasteiger partial charge in [0.2, 0.25) is 5.91 Å². The highest BCUT2D eigenvalue weighted by atomic mass is 16.4. The lowest BCUT2D eigenvalue weighted by Gasteiger charge is -2.19. The first-order chi connectivity index (χ1) is 7.92. The normalized spacial score (nSPS) is 13.6. The fourth-order valence-corrected chi connectivity index (χ4v) is 1.52. The largest absolute Gasteiger partial charge is 0.478 e. The Kier molecular flexibility index (Phi) is 7.21. The van der Waals surface area contributed by atoms with Gasteiger partial charge in [-0.3, -0.25) is 4.79 Å². The highest BCUT2D eigenvalue weighted by Crippen LogP contribution is 2.03. The average Bonchev–Trinajstić information content (AvgIpc) is 2.28. The minimum Gasteiger partial charge on any atom is -0.478 e. The Morgan fingerprint density at radius 1 is 1.47 bits per heavy atom. The van der Waals surface area contributed by atoms with Gasteiger partial charge in [-0.15, -0.1) is 0 Å². The first-order valence-corrected chi connectivity index (χ1v) is 5.74.